The van der Waals surface area contributed by atoms with Crippen molar-refractivity contribution < 1.29 is 4.11 Å². The van der Waals surface area contributed by atoms with Crippen molar-refractivity contribution in [2.24, 2.45) is 0 Å². The third-order valence-corrected chi connectivity index (χ3v) is 12.2. The Morgan fingerprint density at radius 2 is 0.667 bits per heavy atom. The summed E-state index contributed by atoms with van der Waals surface area (Å²) in [5.74, 6) is 0. The summed E-state index contributed by atoms with van der Waals surface area (Å²) in [7, 11) is 0. The number of nitrogens with zero attached hydrogens (tertiary/aromatic N) is 1. The first-order valence-corrected chi connectivity index (χ1v) is 19.6. The number of fused-ring (bicyclic) bond motifs is 6. The molecule has 0 aliphatic heterocycles. The van der Waals surface area contributed by atoms with Crippen molar-refractivity contribution in [3.05, 3.63) is 281 Å². The molecule has 0 saturated heterocycles. The minimum Gasteiger partial charge on any atom is -0.310 e. The lowest BCUT2D eigenvalue weighted by atomic mass is 9.67. The van der Waals surface area contributed by atoms with Gasteiger partial charge in [0.1, 0.15) is 0 Å². The van der Waals surface area contributed by atoms with Gasteiger partial charge in [0.05, 0.1) is 14.9 Å². The molecule has 268 valence electrons. The normalized spacial score (nSPS) is 14.6. The van der Waals surface area contributed by atoms with Crippen molar-refractivity contribution in [2.45, 2.75) is 10.8 Å². The summed E-state index contributed by atoms with van der Waals surface area (Å²) in [6.07, 6.45) is 0. The molecular formula is C56H39N. The molecule has 0 aromatic heterocycles. The van der Waals surface area contributed by atoms with Gasteiger partial charge in [0.25, 0.3) is 0 Å². The Morgan fingerprint density at radius 1 is 0.298 bits per heavy atom. The third kappa shape index (κ3) is 4.82. The lowest BCUT2D eigenvalue weighted by Crippen LogP contribution is -2.29. The first-order chi connectivity index (χ1) is 29.5. The molecule has 9 aromatic carbocycles. The van der Waals surface area contributed by atoms with Crippen LogP contribution in [-0.4, -0.2) is 0 Å². The maximum Gasteiger partial charge on any atom is 0.0714 e. The summed E-state index contributed by atoms with van der Waals surface area (Å²) in [5, 5.41) is 0. The summed E-state index contributed by atoms with van der Waals surface area (Å²) >= 11 is 0. The van der Waals surface area contributed by atoms with Crippen LogP contribution in [0, 0.1) is 0 Å². The van der Waals surface area contributed by atoms with Crippen LogP contribution in [0.2, 0.25) is 0 Å². The van der Waals surface area contributed by atoms with Crippen molar-refractivity contribution in [1.29, 1.82) is 0 Å². The third-order valence-electron chi connectivity index (χ3n) is 12.2. The van der Waals surface area contributed by atoms with Crippen LogP contribution in [-0.2, 0) is 10.8 Å². The molecule has 0 spiro atoms. The van der Waals surface area contributed by atoms with Gasteiger partial charge in [-0.05, 0) is 103 Å². The molecule has 0 radical (unpaired) electrons. The van der Waals surface area contributed by atoms with E-state index in [2.05, 4.69) is 211 Å². The van der Waals surface area contributed by atoms with Crippen LogP contribution in [0.25, 0.3) is 22.3 Å². The maximum absolute atomic E-state index is 9.42. The molecule has 0 amide bonds. The molecule has 0 heterocycles. The Balaban J connectivity index is 1.22. The molecule has 2 aliphatic carbocycles. The molecule has 1 heteroatoms. The SMILES string of the molecule is [2H]c1cc([2H])c([2H])c(N(c2ccc3c(c2)C(c2ccccc2)(c2ccccc2)c2ccccc2-3)c2ccc3c(c2)C(c2ccccc2)(c2ccccc2)c2ccccc2-3)c1. The van der Waals surface area contributed by atoms with Gasteiger partial charge in [0.15, 0.2) is 0 Å². The molecule has 0 bridgehead atoms. The van der Waals surface area contributed by atoms with Crippen molar-refractivity contribution in [3.8, 4) is 22.3 Å². The first-order valence-electron chi connectivity index (χ1n) is 21.1. The molecule has 11 rings (SSSR count). The van der Waals surface area contributed by atoms with E-state index in [4.69, 9.17) is 2.74 Å². The molecule has 0 N–H and O–H groups in total. The van der Waals surface area contributed by atoms with E-state index >= 15 is 0 Å². The highest BCUT2D eigenvalue weighted by atomic mass is 15.1. The molecule has 0 atom stereocenters. The average molecular weight is 729 g/mol. The fourth-order valence-electron chi connectivity index (χ4n) is 10.00. The number of anilines is 3. The maximum atomic E-state index is 9.42. The fourth-order valence-corrected chi connectivity index (χ4v) is 10.00. The van der Waals surface area contributed by atoms with E-state index in [-0.39, 0.29) is 18.1 Å². The number of benzene rings is 9. The second-order valence-corrected chi connectivity index (χ2v) is 15.0. The minimum absolute atomic E-state index is 0.00969. The van der Waals surface area contributed by atoms with E-state index in [0.717, 1.165) is 33.6 Å². The van der Waals surface area contributed by atoms with E-state index in [1.165, 1.54) is 50.6 Å². The zero-order valence-corrected chi connectivity index (χ0v) is 31.2. The Morgan fingerprint density at radius 3 is 1.09 bits per heavy atom. The number of para-hydroxylation sites is 1. The zero-order chi connectivity index (χ0) is 40.4. The van der Waals surface area contributed by atoms with Gasteiger partial charge in [-0.25, -0.2) is 0 Å². The molecule has 2 aliphatic rings. The summed E-state index contributed by atoms with van der Waals surface area (Å²) in [6, 6.07) is 77.3. The van der Waals surface area contributed by atoms with Gasteiger partial charge < -0.3 is 4.90 Å². The highest BCUT2D eigenvalue weighted by Gasteiger charge is 2.48. The van der Waals surface area contributed by atoms with Gasteiger partial charge in [-0.15, -0.1) is 0 Å². The van der Waals surface area contributed by atoms with Crippen LogP contribution in [0.5, 0.6) is 0 Å². The second-order valence-electron chi connectivity index (χ2n) is 15.0. The predicted octanol–water partition coefficient (Wildman–Crippen LogP) is 13.9. The Labute approximate surface area is 339 Å². The zero-order valence-electron chi connectivity index (χ0n) is 34.2. The first kappa shape index (κ1) is 30.1. The molecule has 0 saturated carbocycles. The van der Waals surface area contributed by atoms with Gasteiger partial charge in [0, 0.05) is 17.1 Å². The minimum atomic E-state index is -0.632. The molecule has 57 heavy (non-hydrogen) atoms. The highest BCUT2D eigenvalue weighted by Crippen LogP contribution is 2.59. The highest BCUT2D eigenvalue weighted by molar-refractivity contribution is 5.92. The summed E-state index contributed by atoms with van der Waals surface area (Å²) in [5.41, 5.74) is 15.0. The lowest BCUT2D eigenvalue weighted by molar-refractivity contribution is 0.767. The molecule has 0 fully saturated rings. The summed E-state index contributed by atoms with van der Waals surface area (Å²) in [4.78, 5) is 2.10. The van der Waals surface area contributed by atoms with E-state index < -0.39 is 10.8 Å². The Bertz CT molecular complexity index is 2810. The van der Waals surface area contributed by atoms with Gasteiger partial charge >= 0.3 is 0 Å². The molecule has 0 unspecified atom stereocenters. The van der Waals surface area contributed by atoms with Gasteiger partial charge in [-0.3, -0.25) is 0 Å². The van der Waals surface area contributed by atoms with Crippen molar-refractivity contribution in [2.75, 3.05) is 4.90 Å². The molecular weight excluding hydrogens is 687 g/mol. The van der Waals surface area contributed by atoms with Crippen LogP contribution in [0.4, 0.5) is 17.1 Å². The van der Waals surface area contributed by atoms with E-state index in [9.17, 15) is 1.37 Å². The van der Waals surface area contributed by atoms with Crippen LogP contribution in [0.15, 0.2) is 237 Å². The predicted molar refractivity (Wildman–Crippen MR) is 236 cm³/mol. The quantitative estimate of drug-likeness (QED) is 0.158. The van der Waals surface area contributed by atoms with Gasteiger partial charge in [-0.2, -0.15) is 0 Å². The topological polar surface area (TPSA) is 3.24 Å². The Hall–Kier alpha value is -7.22. The largest absolute Gasteiger partial charge is 0.310 e. The number of rotatable bonds is 7. The molecule has 1 nitrogen and oxygen atoms in total. The number of hydrogen-bond acceptors (Lipinski definition) is 1. The van der Waals surface area contributed by atoms with Crippen LogP contribution in [0.3, 0.4) is 0 Å². The van der Waals surface area contributed by atoms with Gasteiger partial charge in [0.2, 0.25) is 0 Å². The number of hydrogen-bond donors (Lipinski definition) is 0. The standard InChI is InChI=1S/C56H39N/c1-6-20-40(21-7-1)55(41-22-8-2-9-23-41)51-32-18-16-30-47(51)49-36-34-45(38-53(49)55)57(44-28-14-5-15-29-44)46-35-37-50-48-31-17-19-33-52(48)56(54(50)39-46,42-24-10-3-11-25-42)43-26-12-4-13-27-43/h1-39H/i14D,15D,28D. The van der Waals surface area contributed by atoms with E-state index in [1.807, 2.05) is 0 Å². The van der Waals surface area contributed by atoms with Crippen LogP contribution >= 0.6 is 0 Å². The second kappa shape index (κ2) is 13.2. The smallest absolute Gasteiger partial charge is 0.0714 e. The van der Waals surface area contributed by atoms with Crippen molar-refractivity contribution in [3.63, 3.8) is 0 Å². The van der Waals surface area contributed by atoms with Gasteiger partial charge in [-0.1, -0.05) is 200 Å². The van der Waals surface area contributed by atoms with Crippen molar-refractivity contribution >= 4 is 17.1 Å². The average Bonchev–Trinajstić information content (AvgIpc) is 3.77. The summed E-state index contributed by atoms with van der Waals surface area (Å²) in [6.45, 7) is 0. The summed E-state index contributed by atoms with van der Waals surface area (Å²) < 4.78 is 27.2. The fraction of sp³-hybridized carbons (Fsp3) is 0.0357. The molecule has 9 aromatic rings. The monoisotopic (exact) mass is 728 g/mol. The van der Waals surface area contributed by atoms with Crippen LogP contribution < -0.4 is 4.90 Å². The lowest BCUT2D eigenvalue weighted by Gasteiger charge is -2.36. The van der Waals surface area contributed by atoms with Crippen LogP contribution in [0.1, 0.15) is 48.6 Å². The Kier molecular flexibility index (Phi) is 6.97. The van der Waals surface area contributed by atoms with E-state index in [0.29, 0.717) is 5.69 Å². The van der Waals surface area contributed by atoms with Crippen molar-refractivity contribution in [1.82, 2.24) is 0 Å². The van der Waals surface area contributed by atoms with E-state index in [1.54, 1.807) is 6.07 Å².